The highest BCUT2D eigenvalue weighted by Gasteiger charge is 2.37. The number of rotatable bonds is 5. The van der Waals surface area contributed by atoms with E-state index in [1.54, 1.807) is 38.1 Å². The SMILES string of the molecule is CC1=C(C(=O)Nc2ccc(F)cc2)C(c2ccccc2Cl)C(C(=O)Nc2ccc(F)cc2)=C(C)N1. The highest BCUT2D eigenvalue weighted by Crippen LogP contribution is 2.41. The van der Waals surface area contributed by atoms with Crippen LogP contribution in [0.2, 0.25) is 5.02 Å². The lowest BCUT2D eigenvalue weighted by Gasteiger charge is -2.32. The van der Waals surface area contributed by atoms with Gasteiger partial charge in [-0.2, -0.15) is 0 Å². The largest absolute Gasteiger partial charge is 0.362 e. The Labute approximate surface area is 206 Å². The van der Waals surface area contributed by atoms with Crippen molar-refractivity contribution < 1.29 is 18.4 Å². The van der Waals surface area contributed by atoms with Crippen molar-refractivity contribution >= 4 is 34.8 Å². The van der Waals surface area contributed by atoms with Crippen LogP contribution in [0.1, 0.15) is 25.3 Å². The highest BCUT2D eigenvalue weighted by atomic mass is 35.5. The fourth-order valence-electron chi connectivity index (χ4n) is 4.08. The van der Waals surface area contributed by atoms with E-state index in [1.807, 2.05) is 0 Å². The molecule has 0 fully saturated rings. The minimum absolute atomic E-state index is 0.289. The van der Waals surface area contributed by atoms with Crippen molar-refractivity contribution in [1.29, 1.82) is 0 Å². The van der Waals surface area contributed by atoms with Crippen molar-refractivity contribution in [3.8, 4) is 0 Å². The molecule has 1 aliphatic heterocycles. The lowest BCUT2D eigenvalue weighted by atomic mass is 9.79. The van der Waals surface area contributed by atoms with Gasteiger partial charge < -0.3 is 16.0 Å². The predicted molar refractivity (Wildman–Crippen MR) is 133 cm³/mol. The minimum atomic E-state index is -0.800. The van der Waals surface area contributed by atoms with Crippen LogP contribution in [0.25, 0.3) is 0 Å². The van der Waals surface area contributed by atoms with Crippen LogP contribution in [0.15, 0.2) is 95.3 Å². The maximum atomic E-state index is 13.5. The van der Waals surface area contributed by atoms with E-state index < -0.39 is 29.4 Å². The monoisotopic (exact) mass is 493 g/mol. The molecule has 0 saturated heterocycles. The number of amides is 2. The summed E-state index contributed by atoms with van der Waals surface area (Å²) in [5, 5.41) is 9.07. The van der Waals surface area contributed by atoms with Gasteiger partial charge in [-0.1, -0.05) is 29.8 Å². The molecule has 5 nitrogen and oxygen atoms in total. The van der Waals surface area contributed by atoms with Crippen molar-refractivity contribution in [2.24, 2.45) is 0 Å². The van der Waals surface area contributed by atoms with Crippen molar-refractivity contribution in [2.75, 3.05) is 10.6 Å². The molecular formula is C27H22ClF2N3O2. The van der Waals surface area contributed by atoms with Crippen LogP contribution in [0.5, 0.6) is 0 Å². The summed E-state index contributed by atoms with van der Waals surface area (Å²) in [5.74, 6) is -2.59. The van der Waals surface area contributed by atoms with Gasteiger partial charge in [0.2, 0.25) is 0 Å². The first kappa shape index (κ1) is 24.2. The van der Waals surface area contributed by atoms with Crippen LogP contribution < -0.4 is 16.0 Å². The Balaban J connectivity index is 1.76. The summed E-state index contributed by atoms with van der Waals surface area (Å²) in [6.45, 7) is 3.48. The van der Waals surface area contributed by atoms with Gasteiger partial charge in [-0.15, -0.1) is 0 Å². The van der Waals surface area contributed by atoms with E-state index in [1.165, 1.54) is 48.5 Å². The van der Waals surface area contributed by atoms with Crippen LogP contribution in [-0.2, 0) is 9.59 Å². The van der Waals surface area contributed by atoms with Gasteiger partial charge in [0, 0.05) is 44.9 Å². The molecule has 1 aliphatic rings. The molecule has 0 unspecified atom stereocenters. The highest BCUT2D eigenvalue weighted by molar-refractivity contribution is 6.31. The van der Waals surface area contributed by atoms with E-state index in [0.717, 1.165) is 0 Å². The first-order valence-electron chi connectivity index (χ1n) is 10.8. The summed E-state index contributed by atoms with van der Waals surface area (Å²) in [5.41, 5.74) is 3.05. The van der Waals surface area contributed by atoms with E-state index in [-0.39, 0.29) is 11.1 Å². The number of carbonyl (C=O) groups excluding carboxylic acids is 2. The third-order valence-electron chi connectivity index (χ3n) is 5.67. The number of hydrogen-bond acceptors (Lipinski definition) is 3. The van der Waals surface area contributed by atoms with Crippen LogP contribution in [0.3, 0.4) is 0 Å². The van der Waals surface area contributed by atoms with Gasteiger partial charge in [-0.05, 0) is 74.0 Å². The second kappa shape index (κ2) is 10.1. The van der Waals surface area contributed by atoms with Crippen molar-refractivity contribution in [1.82, 2.24) is 5.32 Å². The Morgan fingerprint density at radius 3 is 1.60 bits per heavy atom. The molecule has 4 rings (SSSR count). The number of halogens is 3. The number of allylic oxidation sites excluding steroid dienone is 2. The Hall–Kier alpha value is -3.97. The third-order valence-corrected chi connectivity index (χ3v) is 6.01. The summed E-state index contributed by atoms with van der Waals surface area (Å²) >= 11 is 6.54. The van der Waals surface area contributed by atoms with Crippen molar-refractivity contribution in [3.63, 3.8) is 0 Å². The van der Waals surface area contributed by atoms with E-state index >= 15 is 0 Å². The van der Waals surface area contributed by atoms with Crippen molar-refractivity contribution in [3.05, 3.63) is 118 Å². The number of carbonyl (C=O) groups is 2. The molecule has 0 spiro atoms. The van der Waals surface area contributed by atoms with Crippen LogP contribution >= 0.6 is 11.6 Å². The number of benzene rings is 3. The molecule has 0 radical (unpaired) electrons. The fourth-order valence-corrected chi connectivity index (χ4v) is 4.32. The van der Waals surface area contributed by atoms with Crippen LogP contribution in [0, 0.1) is 11.6 Å². The topological polar surface area (TPSA) is 70.2 Å². The Morgan fingerprint density at radius 1 is 0.743 bits per heavy atom. The third kappa shape index (κ3) is 5.25. The van der Waals surface area contributed by atoms with E-state index in [0.29, 0.717) is 33.4 Å². The van der Waals surface area contributed by atoms with E-state index in [9.17, 15) is 18.4 Å². The molecule has 0 aliphatic carbocycles. The molecule has 178 valence electrons. The fraction of sp³-hybridized carbons (Fsp3) is 0.111. The average molecular weight is 494 g/mol. The maximum Gasteiger partial charge on any atom is 0.254 e. The van der Waals surface area contributed by atoms with Gasteiger partial charge in [-0.3, -0.25) is 9.59 Å². The quantitative estimate of drug-likeness (QED) is 0.400. The van der Waals surface area contributed by atoms with Gasteiger partial charge in [0.1, 0.15) is 11.6 Å². The minimum Gasteiger partial charge on any atom is -0.362 e. The zero-order valence-corrected chi connectivity index (χ0v) is 19.7. The standard InChI is InChI=1S/C27H22ClF2N3O2/c1-15-23(26(34)32-19-11-7-17(29)8-12-19)25(21-5-3-4-6-22(21)28)24(16(2)31-15)27(35)33-20-13-9-18(30)10-14-20/h3-14,25,31H,1-2H3,(H,32,34)(H,33,35). The summed E-state index contributed by atoms with van der Waals surface area (Å²) in [6, 6.07) is 17.8. The van der Waals surface area contributed by atoms with Crippen LogP contribution in [-0.4, -0.2) is 11.8 Å². The van der Waals surface area contributed by atoms with E-state index in [4.69, 9.17) is 11.6 Å². The van der Waals surface area contributed by atoms with Crippen molar-refractivity contribution in [2.45, 2.75) is 19.8 Å². The normalized spacial score (nSPS) is 14.0. The molecule has 0 atom stereocenters. The molecule has 1 heterocycles. The molecule has 0 bridgehead atoms. The Kier molecular flexibility index (Phi) is 6.98. The number of dihydropyridines is 1. The zero-order valence-electron chi connectivity index (χ0n) is 19.0. The van der Waals surface area contributed by atoms with Crippen LogP contribution in [0.4, 0.5) is 20.2 Å². The Bertz CT molecular complexity index is 1270. The Morgan fingerprint density at radius 2 is 1.17 bits per heavy atom. The second-order valence-corrected chi connectivity index (χ2v) is 8.49. The molecule has 8 heteroatoms. The van der Waals surface area contributed by atoms with E-state index in [2.05, 4.69) is 16.0 Å². The lowest BCUT2D eigenvalue weighted by molar-refractivity contribution is -0.113. The molecule has 0 aromatic heterocycles. The smallest absolute Gasteiger partial charge is 0.254 e. The lowest BCUT2D eigenvalue weighted by Crippen LogP contribution is -2.35. The predicted octanol–water partition coefficient (Wildman–Crippen LogP) is 6.13. The molecule has 35 heavy (non-hydrogen) atoms. The summed E-state index contributed by atoms with van der Waals surface area (Å²) in [7, 11) is 0. The molecule has 3 aromatic rings. The molecule has 0 saturated carbocycles. The summed E-state index contributed by atoms with van der Waals surface area (Å²) in [4.78, 5) is 27.0. The summed E-state index contributed by atoms with van der Waals surface area (Å²) < 4.78 is 26.7. The van der Waals surface area contributed by atoms with Gasteiger partial charge in [0.25, 0.3) is 11.8 Å². The first-order chi connectivity index (χ1) is 16.7. The number of hydrogen-bond donors (Lipinski definition) is 3. The maximum absolute atomic E-state index is 13.5. The molecule has 3 aromatic carbocycles. The zero-order chi connectivity index (χ0) is 25.1. The first-order valence-corrected chi connectivity index (χ1v) is 11.2. The van der Waals surface area contributed by atoms with Gasteiger partial charge in [0.05, 0.1) is 0 Å². The number of nitrogens with one attached hydrogen (secondary N) is 3. The summed E-state index contributed by atoms with van der Waals surface area (Å²) in [6.07, 6.45) is 0. The number of anilines is 2. The van der Waals surface area contributed by atoms with Gasteiger partial charge in [-0.25, -0.2) is 8.78 Å². The molecule has 2 amide bonds. The molecular weight excluding hydrogens is 472 g/mol. The average Bonchev–Trinajstić information content (AvgIpc) is 2.81. The second-order valence-electron chi connectivity index (χ2n) is 8.08. The van der Waals surface area contributed by atoms with Gasteiger partial charge >= 0.3 is 0 Å². The van der Waals surface area contributed by atoms with Gasteiger partial charge in [0.15, 0.2) is 0 Å². The molecule has 3 N–H and O–H groups in total.